The smallest absolute Gasteiger partial charge is 0.422 e. The van der Waals surface area contributed by atoms with Gasteiger partial charge in [0, 0.05) is 43.0 Å². The largest absolute Gasteiger partial charge is 0.466 e. The molecule has 1 N–H and O–H groups in total. The minimum absolute atomic E-state index is 0.0203. The lowest BCUT2D eigenvalue weighted by Crippen LogP contribution is -2.23. The highest BCUT2D eigenvalue weighted by atomic mass is 19.4. The third kappa shape index (κ3) is 7.47. The van der Waals surface area contributed by atoms with Gasteiger partial charge in [0.05, 0.1) is 0 Å². The molecule has 0 fully saturated rings. The van der Waals surface area contributed by atoms with E-state index in [1.165, 1.54) is 18.3 Å². The summed E-state index contributed by atoms with van der Waals surface area (Å²) in [6.45, 7) is 0.134. The lowest BCUT2D eigenvalue weighted by atomic mass is 10.1. The van der Waals surface area contributed by atoms with Crippen LogP contribution in [0.4, 0.5) is 17.6 Å². The first-order valence-corrected chi connectivity index (χ1v) is 8.76. The molecule has 0 saturated carbocycles. The van der Waals surface area contributed by atoms with E-state index in [2.05, 4.69) is 20.0 Å². The summed E-state index contributed by atoms with van der Waals surface area (Å²) in [5.74, 6) is -2.30. The summed E-state index contributed by atoms with van der Waals surface area (Å²) in [5, 5.41) is 2.54. The Morgan fingerprint density at radius 3 is 2.62 bits per heavy atom. The van der Waals surface area contributed by atoms with E-state index in [9.17, 15) is 27.2 Å². The van der Waals surface area contributed by atoms with Crippen molar-refractivity contribution in [3.05, 3.63) is 53.2 Å². The van der Waals surface area contributed by atoms with Crippen molar-refractivity contribution in [3.63, 3.8) is 0 Å². The molecule has 2 heterocycles. The number of halogens is 4. The Balaban J connectivity index is 1.95. The molecule has 0 bridgehead atoms. The minimum Gasteiger partial charge on any atom is -0.466 e. The number of amides is 1. The third-order valence-electron chi connectivity index (χ3n) is 3.68. The van der Waals surface area contributed by atoms with Crippen LogP contribution < -0.4 is 10.1 Å². The zero-order valence-electron chi connectivity index (χ0n) is 15.6. The first-order valence-electron chi connectivity index (χ1n) is 8.76. The summed E-state index contributed by atoms with van der Waals surface area (Å²) in [6.07, 6.45) is -0.800. The standard InChI is InChI=1S/C19H19F4N3O3/c1-2-3-15(27)8-14-7-13(4-5-24-14)17(28)25-9-12-6-16(20)18(26-10-12)29-11-19(21,22)23/h4-7,10H,2-3,8-9,11H2,1H3,(H,25,28). The van der Waals surface area contributed by atoms with Crippen LogP contribution in [0.15, 0.2) is 30.6 Å². The molecule has 1 amide bonds. The van der Waals surface area contributed by atoms with E-state index in [0.717, 1.165) is 18.7 Å². The van der Waals surface area contributed by atoms with Crippen LogP contribution in [0.2, 0.25) is 0 Å². The molecule has 10 heteroatoms. The number of pyridine rings is 2. The van der Waals surface area contributed by atoms with Gasteiger partial charge in [-0.2, -0.15) is 13.2 Å². The summed E-state index contributed by atoms with van der Waals surface area (Å²) in [6, 6.07) is 3.90. The molecule has 2 aromatic rings. The Bertz CT molecular complexity index is 872. The number of Topliss-reactive ketones (excluding diaryl/α,β-unsaturated/α-hetero) is 1. The fourth-order valence-electron chi connectivity index (χ4n) is 2.39. The predicted molar refractivity (Wildman–Crippen MR) is 94.8 cm³/mol. The maximum absolute atomic E-state index is 13.8. The van der Waals surface area contributed by atoms with Crippen LogP contribution >= 0.6 is 0 Å². The highest BCUT2D eigenvalue weighted by Gasteiger charge is 2.29. The molecule has 0 aliphatic carbocycles. The van der Waals surface area contributed by atoms with E-state index < -0.39 is 30.4 Å². The zero-order valence-corrected chi connectivity index (χ0v) is 15.6. The molecule has 0 spiro atoms. The lowest BCUT2D eigenvalue weighted by Gasteiger charge is -2.10. The van der Waals surface area contributed by atoms with Gasteiger partial charge in [-0.1, -0.05) is 6.92 Å². The van der Waals surface area contributed by atoms with Crippen LogP contribution in [0.5, 0.6) is 5.88 Å². The number of hydrogen-bond acceptors (Lipinski definition) is 5. The average Bonchev–Trinajstić information content (AvgIpc) is 2.65. The SMILES string of the molecule is CCCC(=O)Cc1cc(C(=O)NCc2cnc(OCC(F)(F)F)c(F)c2)ccn1. The number of carbonyl (C=O) groups excluding carboxylic acids is 2. The Kier molecular flexibility index (Phi) is 7.63. The fourth-order valence-corrected chi connectivity index (χ4v) is 2.39. The van der Waals surface area contributed by atoms with Gasteiger partial charge in [-0.15, -0.1) is 0 Å². The molecule has 156 valence electrons. The third-order valence-corrected chi connectivity index (χ3v) is 3.68. The Hall–Kier alpha value is -3.04. The summed E-state index contributed by atoms with van der Waals surface area (Å²) in [7, 11) is 0. The van der Waals surface area contributed by atoms with Crippen molar-refractivity contribution >= 4 is 11.7 Å². The Labute approximate surface area is 164 Å². The number of hydrogen-bond donors (Lipinski definition) is 1. The monoisotopic (exact) mass is 413 g/mol. The molecular weight excluding hydrogens is 394 g/mol. The second-order valence-corrected chi connectivity index (χ2v) is 6.22. The number of ketones is 1. The van der Waals surface area contributed by atoms with Crippen molar-refractivity contribution in [1.82, 2.24) is 15.3 Å². The predicted octanol–water partition coefficient (Wildman–Crippen LogP) is 3.40. The van der Waals surface area contributed by atoms with Gasteiger partial charge in [0.2, 0.25) is 0 Å². The number of rotatable bonds is 9. The molecule has 29 heavy (non-hydrogen) atoms. The second-order valence-electron chi connectivity index (χ2n) is 6.22. The summed E-state index contributed by atoms with van der Waals surface area (Å²) >= 11 is 0. The highest BCUT2D eigenvalue weighted by molar-refractivity contribution is 5.94. The van der Waals surface area contributed by atoms with E-state index in [1.807, 2.05) is 6.92 Å². The van der Waals surface area contributed by atoms with Crippen molar-refractivity contribution in [1.29, 1.82) is 0 Å². The van der Waals surface area contributed by atoms with Crippen molar-refractivity contribution in [2.45, 2.75) is 38.9 Å². The number of nitrogens with one attached hydrogen (secondary N) is 1. The van der Waals surface area contributed by atoms with Crippen molar-refractivity contribution < 1.29 is 31.9 Å². The number of ether oxygens (including phenoxy) is 1. The fraction of sp³-hybridized carbons (Fsp3) is 0.368. The van der Waals surface area contributed by atoms with Gasteiger partial charge in [-0.25, -0.2) is 9.37 Å². The summed E-state index contributed by atoms with van der Waals surface area (Å²) in [5.41, 5.74) is 0.982. The van der Waals surface area contributed by atoms with Crippen LogP contribution in [0.3, 0.4) is 0 Å². The number of nitrogens with zero attached hydrogens (tertiary/aromatic N) is 2. The summed E-state index contributed by atoms with van der Waals surface area (Å²) in [4.78, 5) is 31.5. The van der Waals surface area contributed by atoms with Crippen molar-refractivity contribution in [3.8, 4) is 5.88 Å². The molecule has 6 nitrogen and oxygen atoms in total. The van der Waals surface area contributed by atoms with Crippen molar-refractivity contribution in [2.75, 3.05) is 6.61 Å². The summed E-state index contributed by atoms with van der Waals surface area (Å²) < 4.78 is 54.4. The Morgan fingerprint density at radius 2 is 1.97 bits per heavy atom. The molecule has 0 saturated heterocycles. The number of carbonyl (C=O) groups is 2. The molecule has 2 aromatic heterocycles. The van der Waals surface area contributed by atoms with Gasteiger partial charge in [-0.3, -0.25) is 14.6 Å². The molecule has 0 atom stereocenters. The van der Waals surface area contributed by atoms with Crippen LogP contribution in [-0.4, -0.2) is 34.4 Å². The zero-order chi connectivity index (χ0) is 21.4. The molecule has 2 rings (SSSR count). The van der Waals surface area contributed by atoms with Crippen LogP contribution in [0.1, 0.15) is 41.4 Å². The van der Waals surface area contributed by atoms with E-state index in [1.54, 1.807) is 0 Å². The molecule has 0 aliphatic rings. The topological polar surface area (TPSA) is 81.2 Å². The van der Waals surface area contributed by atoms with Gasteiger partial charge in [0.15, 0.2) is 12.4 Å². The van der Waals surface area contributed by atoms with E-state index >= 15 is 0 Å². The molecular formula is C19H19F4N3O3. The van der Waals surface area contributed by atoms with E-state index in [4.69, 9.17) is 0 Å². The van der Waals surface area contributed by atoms with E-state index in [0.29, 0.717) is 12.1 Å². The van der Waals surface area contributed by atoms with Gasteiger partial charge in [0.1, 0.15) is 5.78 Å². The van der Waals surface area contributed by atoms with Gasteiger partial charge in [-0.05, 0) is 30.2 Å². The number of alkyl halides is 3. The normalized spacial score (nSPS) is 11.2. The molecule has 0 radical (unpaired) electrons. The minimum atomic E-state index is -4.61. The van der Waals surface area contributed by atoms with E-state index in [-0.39, 0.29) is 29.9 Å². The average molecular weight is 413 g/mol. The lowest BCUT2D eigenvalue weighted by molar-refractivity contribution is -0.154. The molecule has 0 aliphatic heterocycles. The van der Waals surface area contributed by atoms with Crippen LogP contribution in [-0.2, 0) is 17.8 Å². The van der Waals surface area contributed by atoms with Crippen LogP contribution in [0, 0.1) is 5.82 Å². The maximum Gasteiger partial charge on any atom is 0.422 e. The van der Waals surface area contributed by atoms with Gasteiger partial charge in [0.25, 0.3) is 11.8 Å². The van der Waals surface area contributed by atoms with Gasteiger partial charge < -0.3 is 10.1 Å². The van der Waals surface area contributed by atoms with Crippen molar-refractivity contribution in [2.24, 2.45) is 0 Å². The molecule has 0 unspecified atom stereocenters. The first kappa shape index (κ1) is 22.3. The number of aromatic nitrogens is 2. The Morgan fingerprint density at radius 1 is 1.21 bits per heavy atom. The highest BCUT2D eigenvalue weighted by Crippen LogP contribution is 2.20. The second kappa shape index (κ2) is 9.94. The molecule has 0 aromatic carbocycles. The maximum atomic E-state index is 13.8. The van der Waals surface area contributed by atoms with Crippen LogP contribution in [0.25, 0.3) is 0 Å². The van der Waals surface area contributed by atoms with Gasteiger partial charge >= 0.3 is 6.18 Å². The first-order chi connectivity index (χ1) is 13.7. The quantitative estimate of drug-likeness (QED) is 0.638.